The van der Waals surface area contributed by atoms with Gasteiger partial charge in [0, 0.05) is 52.2 Å². The van der Waals surface area contributed by atoms with Gasteiger partial charge in [0.05, 0.1) is 12.2 Å². The Morgan fingerprint density at radius 2 is 1.91 bits per heavy atom. The van der Waals surface area contributed by atoms with Gasteiger partial charge in [-0.15, -0.1) is 0 Å². The summed E-state index contributed by atoms with van der Waals surface area (Å²) < 4.78 is 5.72. The van der Waals surface area contributed by atoms with Crippen LogP contribution >= 0.6 is 0 Å². The molecule has 2 aliphatic heterocycles. The summed E-state index contributed by atoms with van der Waals surface area (Å²) in [6, 6.07) is 0.571. The molecule has 2 fully saturated rings. The summed E-state index contributed by atoms with van der Waals surface area (Å²) in [7, 11) is 0. The van der Waals surface area contributed by atoms with Crippen molar-refractivity contribution >= 4 is 5.91 Å². The fourth-order valence-electron chi connectivity index (χ4n) is 3.82. The molecule has 0 saturated carbocycles. The Balaban J connectivity index is 1.55. The number of likely N-dealkylation sites (tertiary alicyclic amines) is 1. The van der Waals surface area contributed by atoms with Gasteiger partial charge in [-0.2, -0.15) is 0 Å². The maximum atomic E-state index is 11.5. The van der Waals surface area contributed by atoms with Crippen LogP contribution in [0.5, 0.6) is 0 Å². The molecule has 0 spiro atoms. The first-order valence-corrected chi connectivity index (χ1v) is 8.59. The molecule has 23 heavy (non-hydrogen) atoms. The highest BCUT2D eigenvalue weighted by molar-refractivity contribution is 5.73. The summed E-state index contributed by atoms with van der Waals surface area (Å²) in [5, 5.41) is 0. The van der Waals surface area contributed by atoms with Crippen LogP contribution < -0.4 is 0 Å². The van der Waals surface area contributed by atoms with E-state index in [2.05, 4.69) is 21.7 Å². The van der Waals surface area contributed by atoms with Gasteiger partial charge in [-0.05, 0) is 19.8 Å². The van der Waals surface area contributed by atoms with Crippen molar-refractivity contribution in [2.45, 2.75) is 40.3 Å². The Hall–Kier alpha value is -1.40. The van der Waals surface area contributed by atoms with Crippen molar-refractivity contribution in [3.63, 3.8) is 0 Å². The molecule has 1 aromatic heterocycles. The molecule has 2 saturated heterocycles. The van der Waals surface area contributed by atoms with Gasteiger partial charge in [-0.1, -0.05) is 6.92 Å². The van der Waals surface area contributed by atoms with Crippen molar-refractivity contribution in [1.82, 2.24) is 19.7 Å². The maximum Gasteiger partial charge on any atom is 0.219 e. The van der Waals surface area contributed by atoms with Crippen LogP contribution in [-0.2, 0) is 11.3 Å². The van der Waals surface area contributed by atoms with Crippen molar-refractivity contribution in [2.75, 3.05) is 39.3 Å². The molecule has 2 aliphatic rings. The molecule has 2 unspecified atom stereocenters. The third kappa shape index (κ3) is 3.58. The molecular weight excluding hydrogens is 292 g/mol. The van der Waals surface area contributed by atoms with Gasteiger partial charge in [0.15, 0.2) is 0 Å². The van der Waals surface area contributed by atoms with E-state index in [4.69, 9.17) is 4.42 Å². The predicted molar refractivity (Wildman–Crippen MR) is 88.0 cm³/mol. The molecular formula is C17H28N4O2. The van der Waals surface area contributed by atoms with Crippen molar-refractivity contribution in [3.05, 3.63) is 17.3 Å². The quantitative estimate of drug-likeness (QED) is 0.840. The molecule has 3 rings (SSSR count). The van der Waals surface area contributed by atoms with Gasteiger partial charge in [0.25, 0.3) is 0 Å². The normalized spacial score (nSPS) is 26.9. The van der Waals surface area contributed by atoms with Gasteiger partial charge in [-0.3, -0.25) is 14.6 Å². The molecule has 0 N–H and O–H groups in total. The summed E-state index contributed by atoms with van der Waals surface area (Å²) in [4.78, 5) is 22.9. The van der Waals surface area contributed by atoms with Crippen LogP contribution in [0.25, 0.3) is 0 Å². The molecule has 6 heteroatoms. The Morgan fingerprint density at radius 3 is 2.48 bits per heavy atom. The van der Waals surface area contributed by atoms with E-state index < -0.39 is 0 Å². The second kappa shape index (κ2) is 6.61. The number of carbonyl (C=O) groups excluding carboxylic acids is 1. The van der Waals surface area contributed by atoms with Gasteiger partial charge < -0.3 is 9.32 Å². The summed E-state index contributed by atoms with van der Waals surface area (Å²) in [5.74, 6) is 2.58. The highest BCUT2D eigenvalue weighted by Gasteiger charge is 2.35. The third-order valence-electron chi connectivity index (χ3n) is 5.31. The van der Waals surface area contributed by atoms with Crippen LogP contribution in [0.4, 0.5) is 0 Å². The molecule has 2 atom stereocenters. The summed E-state index contributed by atoms with van der Waals surface area (Å²) in [5.41, 5.74) is 0.990. The van der Waals surface area contributed by atoms with E-state index in [0.29, 0.717) is 12.0 Å². The second-order valence-corrected chi connectivity index (χ2v) is 7.03. The first-order chi connectivity index (χ1) is 10.9. The lowest BCUT2D eigenvalue weighted by Gasteiger charge is -2.39. The monoisotopic (exact) mass is 320 g/mol. The zero-order valence-corrected chi connectivity index (χ0v) is 14.7. The minimum Gasteiger partial charge on any atom is -0.444 e. The maximum absolute atomic E-state index is 11.5. The standard InChI is InChI=1S/C17H28N4O2/c1-12-9-19(11-17-18-13(2)14(3)23-17)10-16(12)21-7-5-20(6-8-21)15(4)22/h12,16H,5-11H2,1-4H3. The van der Waals surface area contributed by atoms with Crippen LogP contribution in [0.1, 0.15) is 31.2 Å². The molecule has 0 bridgehead atoms. The van der Waals surface area contributed by atoms with Crippen LogP contribution in [0.15, 0.2) is 4.42 Å². The Bertz CT molecular complexity index is 543. The number of aryl methyl sites for hydroxylation is 2. The fraction of sp³-hybridized carbons (Fsp3) is 0.765. The number of hydrogen-bond acceptors (Lipinski definition) is 5. The molecule has 0 radical (unpaired) electrons. The number of piperazine rings is 1. The molecule has 3 heterocycles. The Morgan fingerprint density at radius 1 is 1.22 bits per heavy atom. The van der Waals surface area contributed by atoms with Gasteiger partial charge >= 0.3 is 0 Å². The average molecular weight is 320 g/mol. The molecule has 1 amide bonds. The van der Waals surface area contributed by atoms with E-state index in [1.54, 1.807) is 6.92 Å². The number of rotatable bonds is 3. The van der Waals surface area contributed by atoms with Crippen LogP contribution in [0.2, 0.25) is 0 Å². The number of amides is 1. The van der Waals surface area contributed by atoms with E-state index in [1.165, 1.54) is 0 Å². The van der Waals surface area contributed by atoms with Crippen molar-refractivity contribution in [2.24, 2.45) is 5.92 Å². The largest absolute Gasteiger partial charge is 0.444 e. The topological polar surface area (TPSA) is 52.8 Å². The van der Waals surface area contributed by atoms with E-state index in [0.717, 1.165) is 63.2 Å². The number of aromatic nitrogens is 1. The lowest BCUT2D eigenvalue weighted by Crippen LogP contribution is -2.53. The van der Waals surface area contributed by atoms with Crippen LogP contribution in [-0.4, -0.2) is 70.9 Å². The van der Waals surface area contributed by atoms with E-state index in [9.17, 15) is 4.79 Å². The minimum atomic E-state index is 0.195. The first-order valence-electron chi connectivity index (χ1n) is 8.59. The zero-order valence-electron chi connectivity index (χ0n) is 14.7. The van der Waals surface area contributed by atoms with Crippen molar-refractivity contribution in [3.8, 4) is 0 Å². The van der Waals surface area contributed by atoms with Crippen molar-refractivity contribution < 1.29 is 9.21 Å². The smallest absolute Gasteiger partial charge is 0.219 e. The molecule has 6 nitrogen and oxygen atoms in total. The Kier molecular flexibility index (Phi) is 4.73. The van der Waals surface area contributed by atoms with Gasteiger partial charge in [0.1, 0.15) is 5.76 Å². The number of nitrogens with zero attached hydrogens (tertiary/aromatic N) is 4. The van der Waals surface area contributed by atoms with Crippen LogP contribution in [0, 0.1) is 19.8 Å². The van der Waals surface area contributed by atoms with Gasteiger partial charge in [0.2, 0.25) is 11.8 Å². The lowest BCUT2D eigenvalue weighted by molar-refractivity contribution is -0.130. The molecule has 0 aliphatic carbocycles. The highest BCUT2D eigenvalue weighted by atomic mass is 16.4. The lowest BCUT2D eigenvalue weighted by atomic mass is 10.0. The molecule has 0 aromatic carbocycles. The number of oxazole rings is 1. The van der Waals surface area contributed by atoms with E-state index >= 15 is 0 Å². The first kappa shape index (κ1) is 16.5. The number of hydrogen-bond donors (Lipinski definition) is 0. The summed E-state index contributed by atoms with van der Waals surface area (Å²) >= 11 is 0. The van der Waals surface area contributed by atoms with Gasteiger partial charge in [-0.25, -0.2) is 4.98 Å². The Labute approximate surface area is 138 Å². The molecule has 128 valence electrons. The SMILES string of the molecule is CC(=O)N1CCN(C2CN(Cc3nc(C)c(C)o3)CC2C)CC1. The number of carbonyl (C=O) groups is 1. The summed E-state index contributed by atoms with van der Waals surface area (Å²) in [6.07, 6.45) is 0. The van der Waals surface area contributed by atoms with Crippen molar-refractivity contribution in [1.29, 1.82) is 0 Å². The fourth-order valence-corrected chi connectivity index (χ4v) is 3.82. The molecule has 1 aromatic rings. The predicted octanol–water partition coefficient (Wildman–Crippen LogP) is 1.28. The van der Waals surface area contributed by atoms with E-state index in [1.807, 2.05) is 18.7 Å². The van der Waals surface area contributed by atoms with E-state index in [-0.39, 0.29) is 5.91 Å². The highest BCUT2D eigenvalue weighted by Crippen LogP contribution is 2.24. The van der Waals surface area contributed by atoms with Crippen LogP contribution in [0.3, 0.4) is 0 Å². The minimum absolute atomic E-state index is 0.195. The third-order valence-corrected chi connectivity index (χ3v) is 5.31. The average Bonchev–Trinajstić information content (AvgIpc) is 3.02. The summed E-state index contributed by atoms with van der Waals surface area (Å²) in [6.45, 7) is 14.6. The zero-order chi connectivity index (χ0) is 16.6. The second-order valence-electron chi connectivity index (χ2n) is 7.03.